The Hall–Kier alpha value is -1.46. The molecule has 0 spiro atoms. The molecule has 16 heavy (non-hydrogen) atoms. The summed E-state index contributed by atoms with van der Waals surface area (Å²) >= 11 is 0.609. The van der Waals surface area contributed by atoms with Crippen LogP contribution < -0.4 is 11.5 Å². The zero-order chi connectivity index (χ0) is 12.1. The van der Waals surface area contributed by atoms with E-state index >= 15 is 0 Å². The normalized spacial score (nSPS) is 12.9. The Morgan fingerprint density at radius 3 is 2.75 bits per heavy atom. The summed E-state index contributed by atoms with van der Waals surface area (Å²) in [6, 6.07) is 5.10. The minimum absolute atomic E-state index is 0.433. The van der Waals surface area contributed by atoms with Crippen LogP contribution in [0.4, 0.5) is 11.4 Å². The number of anilines is 1. The Morgan fingerprint density at radius 1 is 1.50 bits per heavy atom. The number of nitrogens with two attached hydrogens (primary N) is 2. The summed E-state index contributed by atoms with van der Waals surface area (Å²) in [5.74, 6) is 0.433. The van der Waals surface area contributed by atoms with Gasteiger partial charge in [-0.15, -0.1) is 0 Å². The molecule has 4 nitrogen and oxygen atoms in total. The molecule has 0 aliphatic rings. The maximum absolute atomic E-state index is 9.09. The number of nitrogen functional groups attached to an aromatic ring is 1. The molecular weight excluding hydrogens is 222 g/mol. The second-order valence-electron chi connectivity index (χ2n) is 3.29. The topological polar surface area (TPSA) is 84.6 Å². The van der Waals surface area contributed by atoms with Crippen LogP contribution in [0.3, 0.4) is 0 Å². The summed E-state index contributed by atoms with van der Waals surface area (Å²) in [5.41, 5.74) is 13.5. The van der Waals surface area contributed by atoms with Gasteiger partial charge in [-0.05, 0) is 37.6 Å². The highest BCUT2D eigenvalue weighted by molar-refractivity contribution is 7.94. The average Bonchev–Trinajstić information content (AvgIpc) is 2.30. The number of aliphatic imine (C=N–C) groups is 1. The lowest BCUT2D eigenvalue weighted by Gasteiger charge is -2.05. The molecule has 1 aromatic rings. The van der Waals surface area contributed by atoms with Crippen molar-refractivity contribution in [1.82, 2.24) is 0 Å². The predicted octanol–water partition coefficient (Wildman–Crippen LogP) is 2.79. The monoisotopic (exact) mass is 237 g/mol. The van der Waals surface area contributed by atoms with Gasteiger partial charge in [-0.3, -0.25) is 0 Å². The molecule has 0 bridgehead atoms. The Labute approximate surface area is 99.3 Å². The highest BCUT2D eigenvalue weighted by Crippen LogP contribution is 2.29. The molecule has 5 N–H and O–H groups in total. The number of hydrogen-bond donors (Lipinski definition) is 3. The molecule has 0 fully saturated rings. The first kappa shape index (κ1) is 12.6. The van der Waals surface area contributed by atoms with Crippen LogP contribution in [0.15, 0.2) is 39.7 Å². The van der Waals surface area contributed by atoms with Crippen LogP contribution in [-0.2, 0) is 0 Å². The first-order chi connectivity index (χ1) is 7.58. The van der Waals surface area contributed by atoms with E-state index in [0.717, 1.165) is 5.57 Å². The molecule has 5 heteroatoms. The molecular formula is C11H15N3OS. The van der Waals surface area contributed by atoms with Gasteiger partial charge in [0.1, 0.15) is 5.84 Å². The third-order valence-corrected chi connectivity index (χ3v) is 2.68. The standard InChI is InChI=1S/C11H15N3OS/c1-3-7(2)11(13)14-9-5-4-8(12)6-10(9)16-15/h3-6,15H,12H2,1-2H3,(H2,13,14)/b7-3-. The van der Waals surface area contributed by atoms with Gasteiger partial charge in [0.15, 0.2) is 0 Å². The summed E-state index contributed by atoms with van der Waals surface area (Å²) < 4.78 is 9.09. The first-order valence-corrected chi connectivity index (χ1v) is 5.54. The quantitative estimate of drug-likeness (QED) is 0.326. The number of hydrogen-bond acceptors (Lipinski definition) is 4. The van der Waals surface area contributed by atoms with Gasteiger partial charge in [-0.2, -0.15) is 0 Å². The van der Waals surface area contributed by atoms with Crippen molar-refractivity contribution in [1.29, 1.82) is 0 Å². The highest BCUT2D eigenvalue weighted by atomic mass is 32.2. The predicted molar refractivity (Wildman–Crippen MR) is 70.1 cm³/mol. The van der Waals surface area contributed by atoms with Gasteiger partial charge >= 0.3 is 0 Å². The van der Waals surface area contributed by atoms with Crippen LogP contribution in [0.1, 0.15) is 13.8 Å². The molecule has 0 aliphatic carbocycles. The second-order valence-corrected chi connectivity index (χ2v) is 3.91. The van der Waals surface area contributed by atoms with Crippen molar-refractivity contribution in [3.63, 3.8) is 0 Å². The van der Waals surface area contributed by atoms with E-state index in [1.165, 1.54) is 0 Å². The Bertz CT molecular complexity index is 441. The minimum atomic E-state index is 0.433. The van der Waals surface area contributed by atoms with Crippen molar-refractivity contribution < 1.29 is 4.55 Å². The van der Waals surface area contributed by atoms with Crippen LogP contribution in [0.25, 0.3) is 0 Å². The fraction of sp³-hybridized carbons (Fsp3) is 0.182. The van der Waals surface area contributed by atoms with Gasteiger partial charge in [0.05, 0.1) is 10.6 Å². The first-order valence-electron chi connectivity index (χ1n) is 4.77. The molecule has 0 amide bonds. The van der Waals surface area contributed by atoms with E-state index in [-0.39, 0.29) is 0 Å². The summed E-state index contributed by atoms with van der Waals surface area (Å²) in [4.78, 5) is 4.82. The van der Waals surface area contributed by atoms with Crippen molar-refractivity contribution in [2.24, 2.45) is 10.7 Å². The maximum Gasteiger partial charge on any atom is 0.126 e. The van der Waals surface area contributed by atoms with Crippen LogP contribution in [0, 0.1) is 0 Å². The third-order valence-electron chi connectivity index (χ3n) is 2.16. The van der Waals surface area contributed by atoms with Gasteiger partial charge in [-0.1, -0.05) is 6.08 Å². The van der Waals surface area contributed by atoms with Crippen molar-refractivity contribution in [2.75, 3.05) is 5.73 Å². The van der Waals surface area contributed by atoms with E-state index in [9.17, 15) is 0 Å². The molecule has 0 saturated heterocycles. The molecule has 1 rings (SSSR count). The third kappa shape index (κ3) is 3.01. The number of nitrogens with zero attached hydrogens (tertiary/aromatic N) is 1. The zero-order valence-corrected chi connectivity index (χ0v) is 10.1. The van der Waals surface area contributed by atoms with Gasteiger partial charge < -0.3 is 16.0 Å². The number of rotatable bonds is 3. The second kappa shape index (κ2) is 5.58. The molecule has 0 atom stereocenters. The highest BCUT2D eigenvalue weighted by Gasteiger charge is 2.03. The smallest absolute Gasteiger partial charge is 0.126 e. The van der Waals surface area contributed by atoms with Crippen LogP contribution in [-0.4, -0.2) is 10.4 Å². The van der Waals surface area contributed by atoms with E-state index in [4.69, 9.17) is 16.0 Å². The Kier molecular flexibility index (Phi) is 4.39. The fourth-order valence-corrected chi connectivity index (χ4v) is 1.46. The Balaban J connectivity index is 3.14. The zero-order valence-electron chi connectivity index (χ0n) is 9.27. The van der Waals surface area contributed by atoms with E-state index in [0.29, 0.717) is 34.1 Å². The van der Waals surface area contributed by atoms with Crippen molar-refractivity contribution in [2.45, 2.75) is 18.7 Å². The lowest BCUT2D eigenvalue weighted by molar-refractivity contribution is 0.664. The molecule has 0 aliphatic heterocycles. The minimum Gasteiger partial charge on any atom is -0.399 e. The summed E-state index contributed by atoms with van der Waals surface area (Å²) in [6.45, 7) is 3.77. The van der Waals surface area contributed by atoms with Crippen molar-refractivity contribution >= 4 is 29.3 Å². The SMILES string of the molecule is C/C=C(/C)C(N)=Nc1ccc(N)cc1SO. The van der Waals surface area contributed by atoms with Gasteiger partial charge in [0, 0.05) is 17.7 Å². The van der Waals surface area contributed by atoms with E-state index < -0.39 is 0 Å². The summed E-state index contributed by atoms with van der Waals surface area (Å²) in [6.07, 6.45) is 1.88. The molecule has 0 saturated carbocycles. The van der Waals surface area contributed by atoms with Crippen molar-refractivity contribution in [3.05, 3.63) is 29.8 Å². The maximum atomic E-state index is 9.09. The van der Waals surface area contributed by atoms with E-state index in [2.05, 4.69) is 4.99 Å². The van der Waals surface area contributed by atoms with Gasteiger partial charge in [0.2, 0.25) is 0 Å². The molecule has 0 radical (unpaired) electrons. The van der Waals surface area contributed by atoms with Gasteiger partial charge in [-0.25, -0.2) is 4.99 Å². The number of amidine groups is 1. The van der Waals surface area contributed by atoms with Crippen LogP contribution in [0.5, 0.6) is 0 Å². The largest absolute Gasteiger partial charge is 0.399 e. The molecule has 0 heterocycles. The van der Waals surface area contributed by atoms with Crippen LogP contribution in [0.2, 0.25) is 0 Å². The summed E-state index contributed by atoms with van der Waals surface area (Å²) in [5, 5.41) is 0. The fourth-order valence-electron chi connectivity index (χ4n) is 1.06. The lowest BCUT2D eigenvalue weighted by atomic mass is 10.2. The molecule has 1 aromatic carbocycles. The number of benzene rings is 1. The lowest BCUT2D eigenvalue weighted by Crippen LogP contribution is -2.12. The van der Waals surface area contributed by atoms with E-state index in [1.54, 1.807) is 18.2 Å². The summed E-state index contributed by atoms with van der Waals surface area (Å²) in [7, 11) is 0. The molecule has 0 aromatic heterocycles. The Morgan fingerprint density at radius 2 is 2.19 bits per heavy atom. The average molecular weight is 237 g/mol. The van der Waals surface area contributed by atoms with Crippen LogP contribution >= 0.6 is 12.0 Å². The number of allylic oxidation sites excluding steroid dienone is 1. The molecule has 86 valence electrons. The van der Waals surface area contributed by atoms with Gasteiger partial charge in [0.25, 0.3) is 0 Å². The molecule has 0 unspecified atom stereocenters. The van der Waals surface area contributed by atoms with E-state index in [1.807, 2.05) is 19.9 Å². The van der Waals surface area contributed by atoms with Crippen molar-refractivity contribution in [3.8, 4) is 0 Å².